The van der Waals surface area contributed by atoms with Crippen LogP contribution >= 0.6 is 0 Å². The Bertz CT molecular complexity index is 5800. The van der Waals surface area contributed by atoms with Gasteiger partial charge in [-0.25, -0.2) is 8.42 Å². The average molecular weight is 1680 g/mol. The molecule has 5 aromatic carbocycles. The Labute approximate surface area is 692 Å². The first-order chi connectivity index (χ1) is 58.2. The number of hydrogen-bond acceptors (Lipinski definition) is 30. The highest BCUT2D eigenvalue weighted by atomic mass is 32.2. The van der Waals surface area contributed by atoms with Crippen LogP contribution in [-0.4, -0.2) is 338 Å². The molecule has 1 aliphatic carbocycles. The third kappa shape index (κ3) is 22.2. The van der Waals surface area contributed by atoms with Crippen molar-refractivity contribution in [2.24, 2.45) is 5.73 Å². The smallest absolute Gasteiger partial charge is 0.152 e. The Morgan fingerprint density at radius 3 is 1.07 bits per heavy atom. The third-order valence-corrected chi connectivity index (χ3v) is 22.5. The molecule has 9 aromatic rings. The maximum absolute atomic E-state index is 11.5. The maximum atomic E-state index is 11.5. The van der Waals surface area contributed by atoms with Crippen molar-refractivity contribution in [1.82, 2.24) is 45.7 Å². The molecule has 5 saturated heterocycles. The number of hydrogen-bond donors (Lipinski definition) is 23. The molecule has 634 valence electrons. The van der Waals surface area contributed by atoms with E-state index >= 15 is 0 Å². The van der Waals surface area contributed by atoms with Crippen LogP contribution in [0.4, 0.5) is 0 Å². The number of aromatic nitrogens is 8. The fraction of sp³-hybridized carbons (Fsp3) is 0.419. The summed E-state index contributed by atoms with van der Waals surface area (Å²) in [5.41, 5.74) is 14.3. The van der Waals surface area contributed by atoms with Crippen LogP contribution < -0.4 is 5.73 Å². The summed E-state index contributed by atoms with van der Waals surface area (Å²) < 4.78 is 44.8. The standard InChI is InChI=1S/C23H27N3O5.C23H20N2O6.C22H25N3O7S.C18H18N2O6/c24-23(7-2-1-3-8-23)9-6-14-10-15(19-16(11-14)12-25-26-19)4-5-17-20(28)22(30)21(29)18(13-27)31-17;26-12-19-22(29)23(30)21(28)18(31-19)7-6-15-8-14(9-16-11-24-25-20(15)16)5-4-13-2-1-3-17(27)10-13;26-13-18-21(28)22(29)20(27)17(32-18)4-3-15-10-14(11-16-12-23-24-19(15)16)2-1-5-25-6-8-33(30,31)9-7-25;21-5-1-2-10-6-11(15-12(7-10)8-19-20-15)3-4-13-16(23)18(25)17(24)14(9-22)26-13/h10-12,17-18,20-22,27-30H,1-3,7-8,13,24H2,(H,25,26);1-3,8-11,18-19,21-23,26-30H,12H2,(H,24,25);10-12,17-18,20-22,26-29H,5-9,13H2,(H,23,24);6-8,13-14,16-18,21-25H,5,9H2,(H,19,20)/t17-,18-,20-,21-,22-;18-,19-,21-,22-,23-;17-,18-,20-,21-,22-;13-,14-,16-,17-,18-/m1111/s1. The largest absolute Gasteiger partial charge is 0.508 e. The van der Waals surface area contributed by atoms with E-state index in [-0.39, 0.29) is 23.9 Å². The van der Waals surface area contributed by atoms with Crippen molar-refractivity contribution in [2.75, 3.05) is 64.2 Å². The summed E-state index contributed by atoms with van der Waals surface area (Å²) >= 11 is 0. The number of aromatic hydroxyl groups is 1. The number of phenolic OH excluding ortho intramolecular Hbond substituents is 1. The summed E-state index contributed by atoms with van der Waals surface area (Å²) in [5.74, 6) is 47.0. The quantitative estimate of drug-likeness (QED) is 0.0723. The van der Waals surface area contributed by atoms with E-state index in [1.165, 1.54) is 6.42 Å². The number of ether oxygens (including phenoxy) is 4. The van der Waals surface area contributed by atoms with Gasteiger partial charge in [-0.05, 0) is 79.6 Å². The number of nitrogens with one attached hydrogen (secondary N) is 4. The van der Waals surface area contributed by atoms with Crippen LogP contribution in [0.15, 0.2) is 97.6 Å². The number of aromatic amines is 4. The van der Waals surface area contributed by atoms with Gasteiger partial charge in [-0.15, -0.1) is 0 Å². The SMILES string of the molecule is NC1(C#Cc2cc(C#C[C@H]3O[C@H](CO)[C@@H](O)[C@H](O)[C@@H]3O)c3[nH]ncc3c2)CCCCC1.O=S1(=O)CCN(CC#Cc2cc(C#C[C@H]3O[C@H](CO)[C@@H](O)[C@H](O)[C@@H]3O)c3[nH]ncc3c2)CC1.OCC#Cc1cc(C#C[C@H]2O[C@H](CO)[C@@H](O)[C@H](O)[C@@H]2O)c2[nH]ncc2c1.OC[C@H]1O[C@H](C#Cc2cc(C#Cc3cccc(O)c3)cc3cn[nH]c23)[C@@H](O)[C@@H](O)[C@@H]1O. The van der Waals surface area contributed by atoms with Gasteiger partial charge in [0.15, 0.2) is 9.84 Å². The zero-order valence-corrected chi connectivity index (χ0v) is 65.4. The zero-order valence-electron chi connectivity index (χ0n) is 64.6. The molecule has 0 radical (unpaired) electrons. The van der Waals surface area contributed by atoms with Gasteiger partial charge in [0.25, 0.3) is 0 Å². The van der Waals surface area contributed by atoms with E-state index in [9.17, 15) is 95.2 Å². The molecule has 20 atom stereocenters. The monoisotopic (exact) mass is 1680 g/mol. The lowest BCUT2D eigenvalue weighted by atomic mass is 9.83. The van der Waals surface area contributed by atoms with Gasteiger partial charge in [-0.3, -0.25) is 25.3 Å². The molecule has 35 heteroatoms. The Hall–Kier alpha value is -10.7. The molecule has 6 aliphatic rings. The second-order valence-corrected chi connectivity index (χ2v) is 31.8. The van der Waals surface area contributed by atoms with Gasteiger partial charge in [0.2, 0.25) is 0 Å². The van der Waals surface area contributed by atoms with Gasteiger partial charge in [0.05, 0.1) is 119 Å². The van der Waals surface area contributed by atoms with Gasteiger partial charge in [-0.2, -0.15) is 20.4 Å². The van der Waals surface area contributed by atoms with Crippen molar-refractivity contribution < 1.29 is 119 Å². The lowest BCUT2D eigenvalue weighted by molar-refractivity contribution is -0.214. The Morgan fingerprint density at radius 1 is 0.405 bits per heavy atom. The van der Waals surface area contributed by atoms with Crippen LogP contribution in [0.2, 0.25) is 0 Å². The second kappa shape index (κ2) is 40.8. The van der Waals surface area contributed by atoms with E-state index in [2.05, 4.69) is 136 Å². The number of aliphatic hydroxyl groups is 17. The predicted molar refractivity (Wildman–Crippen MR) is 434 cm³/mol. The van der Waals surface area contributed by atoms with Gasteiger partial charge in [0.1, 0.15) is 134 Å². The lowest BCUT2D eigenvalue weighted by Crippen LogP contribution is -2.58. The van der Waals surface area contributed by atoms with E-state index in [1.54, 1.807) is 73.3 Å². The van der Waals surface area contributed by atoms with Gasteiger partial charge in [-0.1, -0.05) is 120 Å². The lowest BCUT2D eigenvalue weighted by Gasteiger charge is -2.37. The van der Waals surface area contributed by atoms with Gasteiger partial charge < -0.3 is 117 Å². The molecule has 1 saturated carbocycles. The van der Waals surface area contributed by atoms with Crippen LogP contribution in [0.5, 0.6) is 5.75 Å². The van der Waals surface area contributed by atoms with Crippen LogP contribution in [0.25, 0.3) is 43.6 Å². The molecule has 34 nitrogen and oxygen atoms in total. The number of H-pyrrole nitrogens is 4. The van der Waals surface area contributed by atoms with E-state index in [1.807, 2.05) is 29.2 Å². The Balaban J connectivity index is 0.000000148. The molecular weight excluding hydrogens is 1590 g/mol. The average Bonchev–Trinajstić information content (AvgIpc) is 1.79. The normalized spacial score (nSPS) is 28.3. The topological polar surface area (TPSA) is 579 Å². The minimum atomic E-state index is -2.93. The number of rotatable bonds is 5. The fourth-order valence-corrected chi connectivity index (χ4v) is 15.2. The Morgan fingerprint density at radius 2 is 0.736 bits per heavy atom. The molecule has 0 unspecified atom stereocenters. The van der Waals surface area contributed by atoms with E-state index in [4.69, 9.17) is 29.8 Å². The van der Waals surface area contributed by atoms with E-state index in [0.29, 0.717) is 86.2 Å². The number of phenols is 1. The number of nitrogens with zero attached hydrogens (tertiary/aromatic N) is 5. The number of nitrogens with two attached hydrogens (primary N) is 1. The summed E-state index contributed by atoms with van der Waals surface area (Å²) in [5, 5.41) is 206. The highest BCUT2D eigenvalue weighted by molar-refractivity contribution is 7.91. The first kappa shape index (κ1) is 89.5. The molecule has 0 amide bonds. The van der Waals surface area contributed by atoms with Gasteiger partial charge in [0, 0.05) is 62.5 Å². The third-order valence-electron chi connectivity index (χ3n) is 20.8. The summed E-state index contributed by atoms with van der Waals surface area (Å²) in [7, 11) is -2.93. The molecule has 15 rings (SSSR count). The zero-order chi connectivity index (χ0) is 86.2. The molecule has 5 aliphatic heterocycles. The minimum absolute atomic E-state index is 0.128. The predicted octanol–water partition coefficient (Wildman–Crippen LogP) is -4.43. The van der Waals surface area contributed by atoms with Crippen molar-refractivity contribution in [3.05, 3.63) is 148 Å². The van der Waals surface area contributed by atoms with Crippen molar-refractivity contribution in [1.29, 1.82) is 0 Å². The van der Waals surface area contributed by atoms with Gasteiger partial charge >= 0.3 is 0 Å². The molecule has 121 heavy (non-hydrogen) atoms. The maximum Gasteiger partial charge on any atom is 0.152 e. The number of sulfone groups is 1. The number of fused-ring (bicyclic) bond motifs is 4. The summed E-state index contributed by atoms with van der Waals surface area (Å²) in [6, 6.07) is 21.0. The van der Waals surface area contributed by atoms with Crippen LogP contribution in [0.3, 0.4) is 0 Å². The molecule has 0 bridgehead atoms. The molecule has 24 N–H and O–H groups in total. The highest BCUT2D eigenvalue weighted by Gasteiger charge is 2.46. The van der Waals surface area contributed by atoms with Crippen molar-refractivity contribution in [3.63, 3.8) is 0 Å². The summed E-state index contributed by atoms with van der Waals surface area (Å²) in [4.78, 5) is 1.99. The molecule has 9 heterocycles. The number of benzene rings is 5. The van der Waals surface area contributed by atoms with Crippen LogP contribution in [-0.2, 0) is 28.8 Å². The first-order valence-corrected chi connectivity index (χ1v) is 40.3. The minimum Gasteiger partial charge on any atom is -0.508 e. The van der Waals surface area contributed by atoms with Crippen LogP contribution in [0, 0.1) is 94.7 Å². The van der Waals surface area contributed by atoms with E-state index < -0.39 is 164 Å². The molecule has 6 fully saturated rings. The molecule has 4 aromatic heterocycles. The van der Waals surface area contributed by atoms with Crippen LogP contribution in [0.1, 0.15) is 82.2 Å². The van der Waals surface area contributed by atoms with Crippen molar-refractivity contribution in [3.8, 4) is 100 Å². The van der Waals surface area contributed by atoms with Crippen molar-refractivity contribution in [2.45, 2.75) is 160 Å². The second-order valence-electron chi connectivity index (χ2n) is 29.5. The summed E-state index contributed by atoms with van der Waals surface area (Å²) in [6.45, 7) is -0.947. The van der Waals surface area contributed by atoms with Crippen molar-refractivity contribution >= 4 is 53.4 Å². The highest BCUT2D eigenvalue weighted by Crippen LogP contribution is 2.30. The first-order valence-electron chi connectivity index (χ1n) is 38.5. The summed E-state index contributed by atoms with van der Waals surface area (Å²) in [6.07, 6.45) is -14.1. The van der Waals surface area contributed by atoms with E-state index in [0.717, 1.165) is 52.8 Å². The number of aliphatic hydroxyl groups excluding tert-OH is 17. The fourth-order valence-electron chi connectivity index (χ4n) is 13.9. The molecular formula is C86H90N10O24S. The molecule has 0 spiro atoms. The Kier molecular flexibility index (Phi) is 30.2.